The fourth-order valence-electron chi connectivity index (χ4n) is 1.44. The second-order valence-corrected chi connectivity index (χ2v) is 3.57. The smallest absolute Gasteiger partial charge is 0.387 e. The molecule has 2 rings (SSSR count). The highest BCUT2D eigenvalue weighted by atomic mass is 19.3. The predicted molar refractivity (Wildman–Crippen MR) is 65.3 cm³/mol. The van der Waals surface area contributed by atoms with E-state index >= 15 is 0 Å². The Balaban J connectivity index is 2.09. The molecule has 1 aromatic heterocycles. The number of nitriles is 1. The molecule has 0 aliphatic heterocycles. The molecule has 0 saturated heterocycles. The molecule has 0 bridgehead atoms. The van der Waals surface area contributed by atoms with Crippen molar-refractivity contribution in [1.82, 2.24) is 4.98 Å². The summed E-state index contributed by atoms with van der Waals surface area (Å²) in [6.45, 7) is -2.84. The van der Waals surface area contributed by atoms with Crippen LogP contribution in [-0.4, -0.2) is 11.6 Å². The number of rotatable bonds is 4. The fraction of sp³-hybridized carbons (Fsp3) is 0.0769. The zero-order chi connectivity index (χ0) is 13.7. The number of anilines is 2. The van der Waals surface area contributed by atoms with Crippen molar-refractivity contribution in [3.05, 3.63) is 48.2 Å². The van der Waals surface area contributed by atoms with Crippen LogP contribution in [0.15, 0.2) is 42.6 Å². The van der Waals surface area contributed by atoms with Gasteiger partial charge < -0.3 is 10.1 Å². The van der Waals surface area contributed by atoms with Crippen molar-refractivity contribution in [2.24, 2.45) is 0 Å². The van der Waals surface area contributed by atoms with Crippen molar-refractivity contribution < 1.29 is 13.5 Å². The number of alkyl halides is 2. The minimum absolute atomic E-state index is 0.0827. The van der Waals surface area contributed by atoms with Gasteiger partial charge in [0.1, 0.15) is 11.6 Å². The normalized spacial score (nSPS) is 10.0. The van der Waals surface area contributed by atoms with Crippen molar-refractivity contribution >= 4 is 11.5 Å². The van der Waals surface area contributed by atoms with Crippen LogP contribution in [-0.2, 0) is 0 Å². The summed E-state index contributed by atoms with van der Waals surface area (Å²) in [5.74, 6) is 0.584. The minimum atomic E-state index is -2.84. The Morgan fingerprint density at radius 2 is 1.95 bits per heavy atom. The Kier molecular flexibility index (Phi) is 3.88. The Morgan fingerprint density at radius 1 is 1.21 bits per heavy atom. The Bertz CT molecular complexity index is 594. The van der Waals surface area contributed by atoms with Crippen molar-refractivity contribution in [3.8, 4) is 11.8 Å². The molecule has 0 amide bonds. The monoisotopic (exact) mass is 261 g/mol. The van der Waals surface area contributed by atoms with Crippen LogP contribution < -0.4 is 10.1 Å². The van der Waals surface area contributed by atoms with Gasteiger partial charge in [-0.3, -0.25) is 0 Å². The number of hydrogen-bond donors (Lipinski definition) is 1. The van der Waals surface area contributed by atoms with E-state index in [-0.39, 0.29) is 5.75 Å². The SMILES string of the molecule is N#Cc1ccnc(Nc2ccc(OC(F)F)cc2)c1. The number of halogens is 2. The molecular formula is C13H9F2N3O. The lowest BCUT2D eigenvalue weighted by Crippen LogP contribution is -2.01. The summed E-state index contributed by atoms with van der Waals surface area (Å²) >= 11 is 0. The number of nitrogens with one attached hydrogen (secondary N) is 1. The molecule has 96 valence electrons. The summed E-state index contributed by atoms with van der Waals surface area (Å²) in [5.41, 5.74) is 1.14. The predicted octanol–water partition coefficient (Wildman–Crippen LogP) is 3.30. The Hall–Kier alpha value is -2.68. The average molecular weight is 261 g/mol. The van der Waals surface area contributed by atoms with Crippen molar-refractivity contribution in [2.75, 3.05) is 5.32 Å². The summed E-state index contributed by atoms with van der Waals surface area (Å²) < 4.78 is 28.2. The van der Waals surface area contributed by atoms with Gasteiger partial charge in [-0.15, -0.1) is 0 Å². The quantitative estimate of drug-likeness (QED) is 0.917. The van der Waals surface area contributed by atoms with Crippen molar-refractivity contribution in [1.29, 1.82) is 5.26 Å². The zero-order valence-electron chi connectivity index (χ0n) is 9.68. The van der Waals surface area contributed by atoms with E-state index < -0.39 is 6.61 Å². The van der Waals surface area contributed by atoms with Gasteiger partial charge in [-0.1, -0.05) is 0 Å². The zero-order valence-corrected chi connectivity index (χ0v) is 9.68. The van der Waals surface area contributed by atoms with Crippen molar-refractivity contribution in [2.45, 2.75) is 6.61 Å². The second kappa shape index (κ2) is 5.78. The van der Waals surface area contributed by atoms with Crippen LogP contribution in [0, 0.1) is 11.3 Å². The van der Waals surface area contributed by atoms with Crippen LogP contribution in [0.5, 0.6) is 5.75 Å². The van der Waals surface area contributed by atoms with Gasteiger partial charge in [0, 0.05) is 11.9 Å². The largest absolute Gasteiger partial charge is 0.435 e. The Labute approximate surface area is 108 Å². The van der Waals surface area contributed by atoms with E-state index in [9.17, 15) is 8.78 Å². The molecule has 0 spiro atoms. The molecule has 1 aromatic carbocycles. The van der Waals surface area contributed by atoms with Crippen LogP contribution in [0.25, 0.3) is 0 Å². The maximum Gasteiger partial charge on any atom is 0.387 e. The molecule has 2 aromatic rings. The van der Waals surface area contributed by atoms with Gasteiger partial charge in [-0.2, -0.15) is 14.0 Å². The van der Waals surface area contributed by atoms with Gasteiger partial charge in [-0.05, 0) is 36.4 Å². The van der Waals surface area contributed by atoms with E-state index in [1.807, 2.05) is 6.07 Å². The average Bonchev–Trinajstić information content (AvgIpc) is 2.41. The first-order chi connectivity index (χ1) is 9.17. The lowest BCUT2D eigenvalue weighted by molar-refractivity contribution is -0.0498. The summed E-state index contributed by atoms with van der Waals surface area (Å²) in [5, 5.41) is 11.7. The van der Waals surface area contributed by atoms with E-state index in [2.05, 4.69) is 15.0 Å². The number of ether oxygens (including phenoxy) is 1. The molecule has 0 atom stereocenters. The standard InChI is InChI=1S/C13H9F2N3O/c14-13(15)19-11-3-1-10(2-4-11)18-12-7-9(8-16)5-6-17-12/h1-7,13H,(H,17,18). The van der Waals surface area contributed by atoms with Gasteiger partial charge in [0.25, 0.3) is 0 Å². The lowest BCUT2D eigenvalue weighted by Gasteiger charge is -2.07. The van der Waals surface area contributed by atoms with E-state index in [4.69, 9.17) is 5.26 Å². The number of hydrogen-bond acceptors (Lipinski definition) is 4. The van der Waals surface area contributed by atoms with Crippen LogP contribution in [0.4, 0.5) is 20.3 Å². The number of aromatic nitrogens is 1. The van der Waals surface area contributed by atoms with Gasteiger partial charge >= 0.3 is 6.61 Å². The first-order valence-electron chi connectivity index (χ1n) is 5.35. The highest BCUT2D eigenvalue weighted by Crippen LogP contribution is 2.20. The van der Waals surface area contributed by atoms with Crippen LogP contribution >= 0.6 is 0 Å². The maximum absolute atomic E-state index is 12.0. The molecule has 1 N–H and O–H groups in total. The van der Waals surface area contributed by atoms with E-state index in [1.54, 1.807) is 24.3 Å². The summed E-state index contributed by atoms with van der Waals surface area (Å²) in [6.07, 6.45) is 1.51. The third-order valence-corrected chi connectivity index (χ3v) is 2.24. The molecule has 4 nitrogen and oxygen atoms in total. The molecule has 19 heavy (non-hydrogen) atoms. The highest BCUT2D eigenvalue weighted by Gasteiger charge is 2.04. The molecule has 0 aliphatic rings. The fourth-order valence-corrected chi connectivity index (χ4v) is 1.44. The van der Waals surface area contributed by atoms with Gasteiger partial charge in [-0.25, -0.2) is 4.98 Å². The van der Waals surface area contributed by atoms with E-state index in [1.165, 1.54) is 18.3 Å². The first kappa shape index (κ1) is 12.8. The first-order valence-corrected chi connectivity index (χ1v) is 5.35. The lowest BCUT2D eigenvalue weighted by atomic mass is 10.2. The molecule has 0 fully saturated rings. The Morgan fingerprint density at radius 3 is 2.58 bits per heavy atom. The molecular weight excluding hydrogens is 252 g/mol. The summed E-state index contributed by atoms with van der Waals surface area (Å²) in [7, 11) is 0. The minimum Gasteiger partial charge on any atom is -0.435 e. The number of pyridine rings is 1. The molecule has 0 saturated carbocycles. The molecule has 1 heterocycles. The van der Waals surface area contributed by atoms with Gasteiger partial charge in [0.05, 0.1) is 11.6 Å². The third-order valence-electron chi connectivity index (χ3n) is 2.24. The molecule has 6 heteroatoms. The topological polar surface area (TPSA) is 57.9 Å². The van der Waals surface area contributed by atoms with Crippen LogP contribution in [0.2, 0.25) is 0 Å². The van der Waals surface area contributed by atoms with Crippen LogP contribution in [0.1, 0.15) is 5.56 Å². The number of benzene rings is 1. The second-order valence-electron chi connectivity index (χ2n) is 3.57. The van der Waals surface area contributed by atoms with E-state index in [0.29, 0.717) is 17.1 Å². The molecule has 0 unspecified atom stereocenters. The highest BCUT2D eigenvalue weighted by molar-refractivity contribution is 5.58. The molecule has 0 radical (unpaired) electrons. The number of nitrogens with zero attached hydrogens (tertiary/aromatic N) is 2. The van der Waals surface area contributed by atoms with Gasteiger partial charge in [0.15, 0.2) is 0 Å². The molecule has 0 aliphatic carbocycles. The summed E-state index contributed by atoms with van der Waals surface area (Å²) in [6, 6.07) is 11.2. The third kappa shape index (κ3) is 3.64. The summed E-state index contributed by atoms with van der Waals surface area (Å²) in [4.78, 5) is 4.04. The van der Waals surface area contributed by atoms with Crippen LogP contribution in [0.3, 0.4) is 0 Å². The maximum atomic E-state index is 12.0. The van der Waals surface area contributed by atoms with E-state index in [0.717, 1.165) is 0 Å². The van der Waals surface area contributed by atoms with Crippen molar-refractivity contribution in [3.63, 3.8) is 0 Å². The van der Waals surface area contributed by atoms with Gasteiger partial charge in [0.2, 0.25) is 0 Å².